The maximum atomic E-state index is 12.7. The fourth-order valence-corrected chi connectivity index (χ4v) is 4.51. The molecule has 0 bridgehead atoms. The number of methoxy groups -OCH3 is 1. The summed E-state index contributed by atoms with van der Waals surface area (Å²) in [6.45, 7) is 8.18. The molecule has 0 aliphatic carbocycles. The maximum absolute atomic E-state index is 12.7. The lowest BCUT2D eigenvalue weighted by molar-refractivity contribution is 0.0474. The van der Waals surface area contributed by atoms with Gasteiger partial charge in [0.25, 0.3) is 10.2 Å². The highest BCUT2D eigenvalue weighted by Crippen LogP contribution is 2.21. The molecule has 1 heterocycles. The first kappa shape index (κ1) is 19.3. The van der Waals surface area contributed by atoms with E-state index in [0.29, 0.717) is 19.7 Å². The molecule has 1 aliphatic heterocycles. The number of rotatable bonds is 7. The number of nitriles is 1. The van der Waals surface area contributed by atoms with Gasteiger partial charge in [-0.2, -0.15) is 22.3 Å². The summed E-state index contributed by atoms with van der Waals surface area (Å²) < 4.78 is 33.4. The molecule has 1 fully saturated rings. The SMILES string of the molecule is COCCN1[C@H](C)CN(S(=O)(=O)N(C)[C@@H](C)CC#N)C[C@@H]1C. The Bertz CT molecular complexity index is 479. The van der Waals surface area contributed by atoms with Gasteiger partial charge in [-0.05, 0) is 20.8 Å². The van der Waals surface area contributed by atoms with Crippen LogP contribution in [0.3, 0.4) is 0 Å². The summed E-state index contributed by atoms with van der Waals surface area (Å²) in [5, 5.41) is 8.76. The van der Waals surface area contributed by atoms with Gasteiger partial charge in [0.15, 0.2) is 0 Å². The first-order chi connectivity index (χ1) is 10.3. The predicted molar refractivity (Wildman–Crippen MR) is 85.5 cm³/mol. The molecule has 128 valence electrons. The van der Waals surface area contributed by atoms with Gasteiger partial charge < -0.3 is 4.74 Å². The lowest BCUT2D eigenvalue weighted by atomic mass is 10.1. The highest BCUT2D eigenvalue weighted by Gasteiger charge is 2.38. The minimum Gasteiger partial charge on any atom is -0.383 e. The zero-order valence-electron chi connectivity index (χ0n) is 14.2. The summed E-state index contributed by atoms with van der Waals surface area (Å²) in [4.78, 5) is 2.27. The van der Waals surface area contributed by atoms with Crippen LogP contribution in [0.25, 0.3) is 0 Å². The number of nitrogens with zero attached hydrogens (tertiary/aromatic N) is 4. The molecule has 1 aliphatic rings. The average Bonchev–Trinajstić information content (AvgIpc) is 2.45. The van der Waals surface area contributed by atoms with E-state index in [1.807, 2.05) is 19.9 Å². The van der Waals surface area contributed by atoms with Crippen molar-refractivity contribution in [1.29, 1.82) is 5.26 Å². The molecule has 0 N–H and O–H groups in total. The third kappa shape index (κ3) is 4.40. The van der Waals surface area contributed by atoms with E-state index < -0.39 is 10.2 Å². The number of hydrogen-bond acceptors (Lipinski definition) is 5. The lowest BCUT2D eigenvalue weighted by Gasteiger charge is -2.44. The quantitative estimate of drug-likeness (QED) is 0.679. The summed E-state index contributed by atoms with van der Waals surface area (Å²) in [6, 6.07) is 1.96. The Balaban J connectivity index is 2.80. The van der Waals surface area contributed by atoms with Crippen molar-refractivity contribution < 1.29 is 13.2 Å². The van der Waals surface area contributed by atoms with E-state index in [-0.39, 0.29) is 24.5 Å². The Hall–Kier alpha value is -0.720. The van der Waals surface area contributed by atoms with Gasteiger partial charge in [0.1, 0.15) is 0 Å². The van der Waals surface area contributed by atoms with Gasteiger partial charge >= 0.3 is 0 Å². The maximum Gasteiger partial charge on any atom is 0.282 e. The van der Waals surface area contributed by atoms with Crippen LogP contribution in [-0.2, 0) is 14.9 Å². The van der Waals surface area contributed by atoms with Crippen molar-refractivity contribution in [3.05, 3.63) is 0 Å². The highest BCUT2D eigenvalue weighted by atomic mass is 32.2. The van der Waals surface area contributed by atoms with Crippen molar-refractivity contribution in [3.63, 3.8) is 0 Å². The van der Waals surface area contributed by atoms with Gasteiger partial charge in [-0.25, -0.2) is 0 Å². The minimum atomic E-state index is -3.54. The topological polar surface area (TPSA) is 76.9 Å². The van der Waals surface area contributed by atoms with E-state index >= 15 is 0 Å². The Morgan fingerprint density at radius 3 is 2.36 bits per heavy atom. The van der Waals surface area contributed by atoms with E-state index in [4.69, 9.17) is 10.00 Å². The van der Waals surface area contributed by atoms with Crippen molar-refractivity contribution in [2.75, 3.05) is 40.4 Å². The molecule has 0 unspecified atom stereocenters. The standard InChI is InChI=1S/C14H28N4O3S/c1-12(6-7-15)16(4)22(19,20)17-10-13(2)18(8-9-21-5)14(3)11-17/h12-14H,6,8-11H2,1-5H3/t12-,13-,14+/m0/s1. The van der Waals surface area contributed by atoms with Crippen LogP contribution in [0.5, 0.6) is 0 Å². The molecular weight excluding hydrogens is 304 g/mol. The molecule has 8 heteroatoms. The van der Waals surface area contributed by atoms with Gasteiger partial charge in [-0.3, -0.25) is 4.90 Å². The number of ether oxygens (including phenoxy) is 1. The van der Waals surface area contributed by atoms with E-state index in [2.05, 4.69) is 4.90 Å². The molecule has 0 radical (unpaired) electrons. The molecule has 0 saturated carbocycles. The molecule has 0 spiro atoms. The zero-order valence-corrected chi connectivity index (χ0v) is 15.0. The highest BCUT2D eigenvalue weighted by molar-refractivity contribution is 7.86. The molecular formula is C14H28N4O3S. The molecule has 0 aromatic heterocycles. The fraction of sp³-hybridized carbons (Fsp3) is 0.929. The second-order valence-corrected chi connectivity index (χ2v) is 7.97. The third-order valence-corrected chi connectivity index (χ3v) is 6.36. The van der Waals surface area contributed by atoms with Crippen LogP contribution in [-0.4, -0.2) is 80.5 Å². The summed E-state index contributed by atoms with van der Waals surface area (Å²) in [6.07, 6.45) is 0.189. The minimum absolute atomic E-state index is 0.133. The van der Waals surface area contributed by atoms with E-state index in [1.54, 1.807) is 21.1 Å². The Labute approximate surface area is 134 Å². The number of piperazine rings is 1. The second kappa shape index (κ2) is 8.22. The van der Waals surface area contributed by atoms with Crippen LogP contribution in [0.1, 0.15) is 27.2 Å². The number of hydrogen-bond donors (Lipinski definition) is 0. The van der Waals surface area contributed by atoms with E-state index in [0.717, 1.165) is 6.54 Å². The molecule has 0 amide bonds. The Morgan fingerprint density at radius 1 is 1.36 bits per heavy atom. The van der Waals surface area contributed by atoms with Crippen molar-refractivity contribution in [2.24, 2.45) is 0 Å². The van der Waals surface area contributed by atoms with Crippen molar-refractivity contribution in [3.8, 4) is 6.07 Å². The van der Waals surface area contributed by atoms with Crippen molar-refractivity contribution in [1.82, 2.24) is 13.5 Å². The van der Waals surface area contributed by atoms with Crippen LogP contribution in [0.15, 0.2) is 0 Å². The van der Waals surface area contributed by atoms with Gasteiger partial charge in [0.2, 0.25) is 0 Å². The molecule has 3 atom stereocenters. The van der Waals surface area contributed by atoms with Crippen molar-refractivity contribution >= 4 is 10.2 Å². The summed E-state index contributed by atoms with van der Waals surface area (Å²) in [5.41, 5.74) is 0. The van der Waals surface area contributed by atoms with Crippen LogP contribution >= 0.6 is 0 Å². The lowest BCUT2D eigenvalue weighted by Crippen LogP contribution is -2.60. The van der Waals surface area contributed by atoms with Gasteiger partial charge in [0, 0.05) is 51.9 Å². The van der Waals surface area contributed by atoms with Crippen molar-refractivity contribution in [2.45, 2.75) is 45.3 Å². The van der Waals surface area contributed by atoms with Crippen LogP contribution in [0, 0.1) is 11.3 Å². The fourth-order valence-electron chi connectivity index (χ4n) is 2.80. The first-order valence-corrected chi connectivity index (χ1v) is 9.00. The molecule has 0 aromatic rings. The zero-order chi connectivity index (χ0) is 16.9. The van der Waals surface area contributed by atoms with Crippen LogP contribution in [0.4, 0.5) is 0 Å². The average molecular weight is 332 g/mol. The molecule has 22 heavy (non-hydrogen) atoms. The molecule has 0 aromatic carbocycles. The van der Waals surface area contributed by atoms with Crippen LogP contribution < -0.4 is 0 Å². The third-order valence-electron chi connectivity index (χ3n) is 4.32. The van der Waals surface area contributed by atoms with Gasteiger partial charge in [0.05, 0.1) is 19.1 Å². The molecule has 7 nitrogen and oxygen atoms in total. The summed E-state index contributed by atoms with van der Waals surface area (Å²) in [5.74, 6) is 0. The van der Waals surface area contributed by atoms with Gasteiger partial charge in [-0.15, -0.1) is 0 Å². The normalized spacial score (nSPS) is 26.0. The molecule has 1 rings (SSSR count). The van der Waals surface area contributed by atoms with Crippen LogP contribution in [0.2, 0.25) is 0 Å². The van der Waals surface area contributed by atoms with Gasteiger partial charge in [-0.1, -0.05) is 0 Å². The second-order valence-electron chi connectivity index (χ2n) is 5.98. The Kier molecular flexibility index (Phi) is 7.22. The smallest absolute Gasteiger partial charge is 0.282 e. The largest absolute Gasteiger partial charge is 0.383 e. The first-order valence-electron chi connectivity index (χ1n) is 7.60. The van der Waals surface area contributed by atoms with E-state index in [9.17, 15) is 8.42 Å². The summed E-state index contributed by atoms with van der Waals surface area (Å²) >= 11 is 0. The van der Waals surface area contributed by atoms with E-state index in [1.165, 1.54) is 8.61 Å². The molecule has 1 saturated heterocycles. The Morgan fingerprint density at radius 2 is 1.91 bits per heavy atom. The predicted octanol–water partition coefficient (Wildman–Crippen LogP) is 0.506. The monoisotopic (exact) mass is 332 g/mol. The summed E-state index contributed by atoms with van der Waals surface area (Å²) in [7, 11) is -0.322.